The molecule has 0 aliphatic carbocycles. The van der Waals surface area contributed by atoms with Crippen LogP contribution in [0.3, 0.4) is 0 Å². The van der Waals surface area contributed by atoms with E-state index in [1.807, 2.05) is 43.3 Å². The Morgan fingerprint density at radius 3 is 2.40 bits per heavy atom. The van der Waals surface area contributed by atoms with E-state index in [0.717, 1.165) is 11.3 Å². The molecule has 2 aromatic rings. The van der Waals surface area contributed by atoms with Crippen molar-refractivity contribution in [2.24, 2.45) is 0 Å². The van der Waals surface area contributed by atoms with Crippen LogP contribution in [0.15, 0.2) is 53.4 Å². The lowest BCUT2D eigenvalue weighted by Crippen LogP contribution is -2.34. The SMILES string of the molecule is COc1cccc(C(CNS(=O)(=O)c2ccccc2OC)N(C)C)c1. The summed E-state index contributed by atoms with van der Waals surface area (Å²) in [5, 5.41) is 0. The molecule has 0 bridgehead atoms. The van der Waals surface area contributed by atoms with Gasteiger partial charge in [0.2, 0.25) is 10.0 Å². The molecule has 1 atom stereocenters. The predicted octanol–water partition coefficient (Wildman–Crippen LogP) is 2.29. The number of likely N-dealkylation sites (N-methyl/N-ethyl adjacent to an activating group) is 1. The normalized spacial score (nSPS) is 12.8. The highest BCUT2D eigenvalue weighted by Gasteiger charge is 2.22. The number of ether oxygens (including phenoxy) is 2. The number of sulfonamides is 1. The molecule has 0 radical (unpaired) electrons. The monoisotopic (exact) mass is 364 g/mol. The van der Waals surface area contributed by atoms with E-state index in [1.165, 1.54) is 13.2 Å². The summed E-state index contributed by atoms with van der Waals surface area (Å²) in [5.74, 6) is 1.05. The molecule has 1 N–H and O–H groups in total. The molecule has 2 aromatic carbocycles. The van der Waals surface area contributed by atoms with E-state index < -0.39 is 10.0 Å². The molecule has 0 aliphatic rings. The molecule has 25 heavy (non-hydrogen) atoms. The maximum Gasteiger partial charge on any atom is 0.244 e. The summed E-state index contributed by atoms with van der Waals surface area (Å²) < 4.78 is 38.4. The average Bonchev–Trinajstić information content (AvgIpc) is 2.61. The van der Waals surface area contributed by atoms with E-state index in [4.69, 9.17) is 9.47 Å². The molecule has 0 fully saturated rings. The second kappa shape index (κ2) is 8.33. The molecule has 0 spiro atoms. The van der Waals surface area contributed by atoms with Gasteiger partial charge in [0.25, 0.3) is 0 Å². The van der Waals surface area contributed by atoms with Crippen molar-refractivity contribution in [1.29, 1.82) is 0 Å². The summed E-state index contributed by atoms with van der Waals surface area (Å²) in [5.41, 5.74) is 0.965. The first-order valence-corrected chi connectivity index (χ1v) is 9.30. The fourth-order valence-corrected chi connectivity index (χ4v) is 3.76. The highest BCUT2D eigenvalue weighted by atomic mass is 32.2. The second-order valence-electron chi connectivity index (χ2n) is 5.76. The van der Waals surface area contributed by atoms with Crippen LogP contribution in [0.4, 0.5) is 0 Å². The van der Waals surface area contributed by atoms with E-state index in [1.54, 1.807) is 25.3 Å². The highest BCUT2D eigenvalue weighted by molar-refractivity contribution is 7.89. The summed E-state index contributed by atoms with van der Waals surface area (Å²) in [4.78, 5) is 2.08. The van der Waals surface area contributed by atoms with Crippen molar-refractivity contribution in [1.82, 2.24) is 9.62 Å². The molecule has 2 rings (SSSR count). The quantitative estimate of drug-likeness (QED) is 0.778. The topological polar surface area (TPSA) is 67.9 Å². The Bertz CT molecular complexity index is 806. The van der Waals surface area contributed by atoms with E-state index in [2.05, 4.69) is 4.72 Å². The van der Waals surface area contributed by atoms with Gasteiger partial charge >= 0.3 is 0 Å². The van der Waals surface area contributed by atoms with Gasteiger partial charge in [-0.15, -0.1) is 0 Å². The third-order valence-electron chi connectivity index (χ3n) is 3.93. The third kappa shape index (κ3) is 4.72. The summed E-state index contributed by atoms with van der Waals surface area (Å²) >= 11 is 0. The van der Waals surface area contributed by atoms with Gasteiger partial charge in [0, 0.05) is 12.6 Å². The molecule has 0 aromatic heterocycles. The molecule has 0 amide bonds. The fraction of sp³-hybridized carbons (Fsp3) is 0.333. The second-order valence-corrected chi connectivity index (χ2v) is 7.49. The Hall–Kier alpha value is -2.09. The molecule has 0 aliphatic heterocycles. The molecule has 136 valence electrons. The summed E-state index contributed by atoms with van der Waals surface area (Å²) in [6.45, 7) is 0.223. The van der Waals surface area contributed by atoms with Crippen LogP contribution < -0.4 is 14.2 Å². The maximum absolute atomic E-state index is 12.7. The van der Waals surface area contributed by atoms with Crippen LogP contribution in [0.5, 0.6) is 11.5 Å². The van der Waals surface area contributed by atoms with E-state index in [9.17, 15) is 8.42 Å². The number of hydrogen-bond donors (Lipinski definition) is 1. The number of methoxy groups -OCH3 is 2. The Morgan fingerprint density at radius 1 is 1.04 bits per heavy atom. The summed E-state index contributed by atoms with van der Waals surface area (Å²) in [7, 11) is 3.18. The largest absolute Gasteiger partial charge is 0.497 e. The Balaban J connectivity index is 2.23. The smallest absolute Gasteiger partial charge is 0.244 e. The minimum atomic E-state index is -3.69. The zero-order valence-electron chi connectivity index (χ0n) is 14.9. The molecule has 6 nitrogen and oxygen atoms in total. The van der Waals surface area contributed by atoms with Crippen LogP contribution in [0, 0.1) is 0 Å². The number of hydrogen-bond acceptors (Lipinski definition) is 5. The Morgan fingerprint density at radius 2 is 1.76 bits per heavy atom. The van der Waals surface area contributed by atoms with Crippen molar-refractivity contribution in [2.45, 2.75) is 10.9 Å². The van der Waals surface area contributed by atoms with Gasteiger partial charge in [0.05, 0.1) is 14.2 Å². The Labute approximate surface area is 149 Å². The first kappa shape index (κ1) is 19.2. The predicted molar refractivity (Wildman–Crippen MR) is 97.6 cm³/mol. The van der Waals surface area contributed by atoms with Crippen molar-refractivity contribution in [3.63, 3.8) is 0 Å². The zero-order valence-corrected chi connectivity index (χ0v) is 15.7. The fourth-order valence-electron chi connectivity index (χ4n) is 2.55. The standard InChI is InChI=1S/C18H24N2O4S/c1-20(2)16(14-8-7-9-15(12-14)23-3)13-19-25(21,22)18-11-6-5-10-17(18)24-4/h5-12,16,19H,13H2,1-4H3. The number of rotatable bonds is 8. The van der Waals surface area contributed by atoms with Gasteiger partial charge in [-0.2, -0.15) is 0 Å². The first-order chi connectivity index (χ1) is 11.9. The zero-order chi connectivity index (χ0) is 18.4. The van der Waals surface area contributed by atoms with Gasteiger partial charge in [-0.1, -0.05) is 24.3 Å². The molecular weight excluding hydrogens is 340 g/mol. The number of nitrogens with zero attached hydrogens (tertiary/aromatic N) is 1. The van der Waals surface area contributed by atoms with Gasteiger partial charge < -0.3 is 14.4 Å². The van der Waals surface area contributed by atoms with Crippen LogP contribution >= 0.6 is 0 Å². The van der Waals surface area contributed by atoms with Crippen LogP contribution in [0.2, 0.25) is 0 Å². The lowest BCUT2D eigenvalue weighted by Gasteiger charge is -2.25. The molecule has 0 saturated carbocycles. The van der Waals surface area contributed by atoms with Gasteiger partial charge in [0.15, 0.2) is 0 Å². The Kier molecular flexibility index (Phi) is 6.41. The van der Waals surface area contributed by atoms with Crippen LogP contribution in [-0.2, 0) is 10.0 Å². The first-order valence-electron chi connectivity index (χ1n) is 7.82. The third-order valence-corrected chi connectivity index (χ3v) is 5.39. The minimum absolute atomic E-state index is 0.126. The summed E-state index contributed by atoms with van der Waals surface area (Å²) in [6.07, 6.45) is 0. The number of para-hydroxylation sites is 1. The number of benzene rings is 2. The van der Waals surface area contributed by atoms with Crippen molar-refractivity contribution < 1.29 is 17.9 Å². The van der Waals surface area contributed by atoms with Crippen molar-refractivity contribution >= 4 is 10.0 Å². The van der Waals surface area contributed by atoms with Gasteiger partial charge in [0.1, 0.15) is 16.4 Å². The van der Waals surface area contributed by atoms with Crippen molar-refractivity contribution in [3.8, 4) is 11.5 Å². The number of nitrogens with one attached hydrogen (secondary N) is 1. The van der Waals surface area contributed by atoms with E-state index in [0.29, 0.717) is 5.75 Å². The average molecular weight is 364 g/mol. The van der Waals surface area contributed by atoms with Crippen LogP contribution in [0.1, 0.15) is 11.6 Å². The van der Waals surface area contributed by atoms with Crippen molar-refractivity contribution in [3.05, 3.63) is 54.1 Å². The van der Waals surface area contributed by atoms with E-state index >= 15 is 0 Å². The summed E-state index contributed by atoms with van der Waals surface area (Å²) in [6, 6.07) is 14.0. The van der Waals surface area contributed by atoms with Crippen LogP contribution in [0.25, 0.3) is 0 Å². The van der Waals surface area contributed by atoms with Gasteiger partial charge in [-0.25, -0.2) is 13.1 Å². The lowest BCUT2D eigenvalue weighted by atomic mass is 10.1. The highest BCUT2D eigenvalue weighted by Crippen LogP contribution is 2.25. The van der Waals surface area contributed by atoms with Gasteiger partial charge in [-0.05, 0) is 43.9 Å². The maximum atomic E-state index is 12.7. The molecule has 1 unspecified atom stereocenters. The molecule has 7 heteroatoms. The van der Waals surface area contributed by atoms with Crippen molar-refractivity contribution in [2.75, 3.05) is 34.9 Å². The molecule has 0 saturated heterocycles. The lowest BCUT2D eigenvalue weighted by molar-refractivity contribution is 0.298. The van der Waals surface area contributed by atoms with Gasteiger partial charge in [-0.3, -0.25) is 0 Å². The van der Waals surface area contributed by atoms with Crippen LogP contribution in [-0.4, -0.2) is 48.2 Å². The molecular formula is C18H24N2O4S. The van der Waals surface area contributed by atoms with E-state index in [-0.39, 0.29) is 17.5 Å². The molecule has 0 heterocycles. The minimum Gasteiger partial charge on any atom is -0.497 e.